The first kappa shape index (κ1) is 16.8. The summed E-state index contributed by atoms with van der Waals surface area (Å²) < 4.78 is 1.88. The first-order valence-electron chi connectivity index (χ1n) is 8.40. The molecule has 0 aliphatic carbocycles. The van der Waals surface area contributed by atoms with Gasteiger partial charge in [0, 0.05) is 23.7 Å². The lowest BCUT2D eigenvalue weighted by Crippen LogP contribution is -2.13. The lowest BCUT2D eigenvalue weighted by Gasteiger charge is -2.08. The maximum atomic E-state index is 12.5. The number of anilines is 1. The highest BCUT2D eigenvalue weighted by Gasteiger charge is 2.12. The van der Waals surface area contributed by atoms with E-state index in [9.17, 15) is 4.79 Å². The molecule has 0 atom stereocenters. The fraction of sp³-hybridized carbons (Fsp3) is 0.158. The van der Waals surface area contributed by atoms with Crippen molar-refractivity contribution < 1.29 is 4.79 Å². The number of imidazole rings is 1. The predicted molar refractivity (Wildman–Crippen MR) is 101 cm³/mol. The maximum Gasteiger partial charge on any atom is 0.255 e. The number of nitrogens with one attached hydrogen (secondary N) is 1. The molecule has 0 radical (unpaired) electrons. The summed E-state index contributed by atoms with van der Waals surface area (Å²) in [5, 5.41) is 2.80. The van der Waals surface area contributed by atoms with Crippen LogP contribution in [0.4, 0.5) is 5.69 Å². The molecule has 0 saturated heterocycles. The van der Waals surface area contributed by atoms with Crippen molar-refractivity contribution in [2.45, 2.75) is 20.8 Å². The van der Waals surface area contributed by atoms with Gasteiger partial charge in [0.1, 0.15) is 5.82 Å². The Morgan fingerprint density at radius 1 is 0.963 bits per heavy atom. The van der Waals surface area contributed by atoms with Crippen LogP contribution in [0.15, 0.2) is 43.0 Å². The normalized spacial score (nSPS) is 10.9. The number of aromatic nitrogens is 6. The molecule has 0 aliphatic rings. The monoisotopic (exact) mass is 359 g/mol. The van der Waals surface area contributed by atoms with E-state index >= 15 is 0 Å². The molecular formula is C19H17N7O. The number of aryl methyl sites for hydroxylation is 2. The smallest absolute Gasteiger partial charge is 0.255 e. The fourth-order valence-corrected chi connectivity index (χ4v) is 2.88. The number of nitrogens with zero attached hydrogens (tertiary/aromatic N) is 6. The topological polar surface area (TPSA) is 98.5 Å². The minimum absolute atomic E-state index is 0.260. The predicted octanol–water partition coefficient (Wildman–Crippen LogP) is 2.78. The van der Waals surface area contributed by atoms with Crippen molar-refractivity contribution in [3.63, 3.8) is 0 Å². The van der Waals surface area contributed by atoms with Crippen LogP contribution in [0.2, 0.25) is 0 Å². The highest BCUT2D eigenvalue weighted by Crippen LogP contribution is 2.16. The van der Waals surface area contributed by atoms with E-state index in [1.807, 2.05) is 25.3 Å². The third-order valence-corrected chi connectivity index (χ3v) is 4.34. The van der Waals surface area contributed by atoms with Gasteiger partial charge in [0.05, 0.1) is 34.8 Å². The van der Waals surface area contributed by atoms with Crippen LogP contribution in [0.1, 0.15) is 27.6 Å². The minimum Gasteiger partial charge on any atom is -0.319 e. The zero-order valence-electron chi connectivity index (χ0n) is 15.1. The van der Waals surface area contributed by atoms with Gasteiger partial charge in [-0.05, 0) is 39.0 Å². The summed E-state index contributed by atoms with van der Waals surface area (Å²) >= 11 is 0. The van der Waals surface area contributed by atoms with Crippen molar-refractivity contribution >= 4 is 22.6 Å². The summed E-state index contributed by atoms with van der Waals surface area (Å²) in [6, 6.07) is 5.18. The van der Waals surface area contributed by atoms with Gasteiger partial charge in [0.15, 0.2) is 0 Å². The van der Waals surface area contributed by atoms with Crippen molar-refractivity contribution in [2.24, 2.45) is 0 Å². The van der Waals surface area contributed by atoms with Crippen LogP contribution in [0, 0.1) is 20.8 Å². The van der Waals surface area contributed by atoms with Crippen molar-refractivity contribution in [2.75, 3.05) is 5.32 Å². The molecule has 1 N–H and O–H groups in total. The molecule has 1 aromatic carbocycles. The molecular weight excluding hydrogens is 342 g/mol. The molecule has 0 aliphatic heterocycles. The summed E-state index contributed by atoms with van der Waals surface area (Å²) in [7, 11) is 0. The molecule has 27 heavy (non-hydrogen) atoms. The molecule has 1 amide bonds. The van der Waals surface area contributed by atoms with Gasteiger partial charge in [-0.3, -0.25) is 19.3 Å². The Labute approximate surface area is 155 Å². The molecule has 0 unspecified atom stereocenters. The van der Waals surface area contributed by atoms with Crippen LogP contribution < -0.4 is 5.32 Å². The second kappa shape index (κ2) is 6.56. The highest BCUT2D eigenvalue weighted by molar-refractivity contribution is 6.05. The van der Waals surface area contributed by atoms with Crippen LogP contribution in [-0.2, 0) is 0 Å². The number of hydrogen-bond donors (Lipinski definition) is 1. The first-order valence-corrected chi connectivity index (χ1v) is 8.40. The van der Waals surface area contributed by atoms with Gasteiger partial charge in [-0.15, -0.1) is 0 Å². The van der Waals surface area contributed by atoms with Gasteiger partial charge >= 0.3 is 0 Å². The highest BCUT2D eigenvalue weighted by atomic mass is 16.1. The van der Waals surface area contributed by atoms with E-state index in [0.29, 0.717) is 22.7 Å². The summed E-state index contributed by atoms with van der Waals surface area (Å²) in [6.07, 6.45) is 6.37. The van der Waals surface area contributed by atoms with E-state index in [1.54, 1.807) is 43.0 Å². The van der Waals surface area contributed by atoms with Crippen LogP contribution in [0.25, 0.3) is 17.0 Å². The molecule has 0 bridgehead atoms. The van der Waals surface area contributed by atoms with Crippen LogP contribution in [0.3, 0.4) is 0 Å². The number of hydrogen-bond acceptors (Lipinski definition) is 6. The van der Waals surface area contributed by atoms with Crippen LogP contribution in [-0.4, -0.2) is 35.4 Å². The Morgan fingerprint density at radius 2 is 1.67 bits per heavy atom. The summed E-state index contributed by atoms with van der Waals surface area (Å²) in [5.41, 5.74) is 4.33. The zero-order valence-corrected chi connectivity index (χ0v) is 15.1. The standard InChI is InChI=1S/C19H17N7O/c1-11-12(2)26(13(3)24-11)19-22-9-15(10-23-19)25-18(27)14-4-5-16-17(8-14)21-7-6-20-16/h4-10H,1-3H3,(H,25,27). The number of rotatable bonds is 3. The molecule has 134 valence electrons. The van der Waals surface area contributed by atoms with Crippen LogP contribution in [0.5, 0.6) is 0 Å². The second-order valence-electron chi connectivity index (χ2n) is 6.15. The molecule has 0 saturated carbocycles. The van der Waals surface area contributed by atoms with Gasteiger partial charge in [-0.2, -0.15) is 0 Å². The van der Waals surface area contributed by atoms with Crippen molar-refractivity contribution in [1.82, 2.24) is 29.5 Å². The Morgan fingerprint density at radius 3 is 2.33 bits per heavy atom. The minimum atomic E-state index is -0.260. The molecule has 3 heterocycles. The van der Waals surface area contributed by atoms with E-state index < -0.39 is 0 Å². The van der Waals surface area contributed by atoms with E-state index in [4.69, 9.17) is 0 Å². The van der Waals surface area contributed by atoms with Gasteiger partial charge in [0.2, 0.25) is 5.95 Å². The van der Waals surface area contributed by atoms with Gasteiger partial charge < -0.3 is 5.32 Å². The van der Waals surface area contributed by atoms with Crippen molar-refractivity contribution in [3.05, 3.63) is 65.8 Å². The van der Waals surface area contributed by atoms with E-state index in [-0.39, 0.29) is 5.91 Å². The van der Waals surface area contributed by atoms with E-state index in [0.717, 1.165) is 22.7 Å². The van der Waals surface area contributed by atoms with E-state index in [2.05, 4.69) is 30.2 Å². The molecule has 4 aromatic rings. The van der Waals surface area contributed by atoms with Crippen molar-refractivity contribution in [3.8, 4) is 5.95 Å². The Bertz CT molecular complexity index is 1150. The quantitative estimate of drug-likeness (QED) is 0.604. The number of amides is 1. The third-order valence-electron chi connectivity index (χ3n) is 4.34. The third kappa shape index (κ3) is 3.12. The largest absolute Gasteiger partial charge is 0.319 e. The second-order valence-corrected chi connectivity index (χ2v) is 6.15. The number of benzene rings is 1. The Hall–Kier alpha value is -3.68. The Balaban J connectivity index is 1.56. The summed E-state index contributed by atoms with van der Waals surface area (Å²) in [5.74, 6) is 1.08. The molecule has 8 heteroatoms. The van der Waals surface area contributed by atoms with Gasteiger partial charge in [-0.1, -0.05) is 0 Å². The fourth-order valence-electron chi connectivity index (χ4n) is 2.88. The molecule has 3 aromatic heterocycles. The molecule has 0 fully saturated rings. The lowest BCUT2D eigenvalue weighted by molar-refractivity contribution is 0.102. The van der Waals surface area contributed by atoms with Gasteiger partial charge in [-0.25, -0.2) is 15.0 Å². The maximum absolute atomic E-state index is 12.5. The summed E-state index contributed by atoms with van der Waals surface area (Å²) in [6.45, 7) is 5.82. The average molecular weight is 359 g/mol. The zero-order chi connectivity index (χ0) is 19.0. The first-order chi connectivity index (χ1) is 13.0. The molecule has 4 rings (SSSR count). The van der Waals surface area contributed by atoms with E-state index in [1.165, 1.54) is 0 Å². The number of fused-ring (bicyclic) bond motifs is 1. The van der Waals surface area contributed by atoms with Crippen LogP contribution >= 0.6 is 0 Å². The summed E-state index contributed by atoms with van der Waals surface area (Å²) in [4.78, 5) is 34.0. The lowest BCUT2D eigenvalue weighted by atomic mass is 10.2. The number of carbonyl (C=O) groups excluding carboxylic acids is 1. The SMILES string of the molecule is Cc1nc(C)n(-c2ncc(NC(=O)c3ccc4nccnc4c3)cn2)c1C. The average Bonchev–Trinajstić information content (AvgIpc) is 2.94. The van der Waals surface area contributed by atoms with Crippen molar-refractivity contribution in [1.29, 1.82) is 0 Å². The molecule has 0 spiro atoms. The van der Waals surface area contributed by atoms with Gasteiger partial charge in [0.25, 0.3) is 5.91 Å². The number of carbonyl (C=O) groups is 1. The molecule has 8 nitrogen and oxygen atoms in total. The Kier molecular flexibility index (Phi) is 4.08.